The highest BCUT2D eigenvalue weighted by atomic mass is 16.5. The number of aromatic nitrogens is 3. The third kappa shape index (κ3) is 4.67. The van der Waals surface area contributed by atoms with E-state index >= 15 is 0 Å². The molecule has 1 aromatic heterocycles. The molecule has 1 aliphatic heterocycles. The van der Waals surface area contributed by atoms with Gasteiger partial charge in [0.25, 0.3) is 0 Å². The fourth-order valence-corrected chi connectivity index (χ4v) is 2.87. The van der Waals surface area contributed by atoms with Crippen LogP contribution in [-0.4, -0.2) is 52.1 Å². The number of hydrogen-bond acceptors (Lipinski definition) is 4. The Hall–Kier alpha value is -1.63. The van der Waals surface area contributed by atoms with Gasteiger partial charge in [-0.05, 0) is 32.6 Å². The first kappa shape index (κ1) is 16.2. The molecule has 0 bridgehead atoms. The highest BCUT2D eigenvalue weighted by Gasteiger charge is 2.26. The number of nitrogens with zero attached hydrogens (tertiary/aromatic N) is 4. The van der Waals surface area contributed by atoms with Gasteiger partial charge in [-0.3, -0.25) is 4.99 Å². The van der Waals surface area contributed by atoms with Crippen molar-refractivity contribution in [2.24, 2.45) is 4.99 Å². The monoisotopic (exact) mass is 320 g/mol. The highest BCUT2D eigenvalue weighted by Crippen LogP contribution is 2.19. The van der Waals surface area contributed by atoms with Crippen molar-refractivity contribution in [3.05, 3.63) is 12.2 Å². The SMILES string of the molecule is CCc1nncn1CCN=C(NC1CC1)NC(C)C1CCCO1. The number of nitrogens with one attached hydrogen (secondary N) is 2. The zero-order valence-corrected chi connectivity index (χ0v) is 14.2. The first-order chi connectivity index (χ1) is 11.3. The van der Waals surface area contributed by atoms with Crippen molar-refractivity contribution >= 4 is 5.96 Å². The van der Waals surface area contributed by atoms with Crippen LogP contribution < -0.4 is 10.6 Å². The van der Waals surface area contributed by atoms with Gasteiger partial charge in [-0.15, -0.1) is 10.2 Å². The van der Waals surface area contributed by atoms with Crippen LogP contribution in [0.1, 0.15) is 45.4 Å². The average molecular weight is 320 g/mol. The summed E-state index contributed by atoms with van der Waals surface area (Å²) in [5.41, 5.74) is 0. The number of rotatable bonds is 7. The molecule has 1 aromatic rings. The molecule has 0 amide bonds. The van der Waals surface area contributed by atoms with Crippen molar-refractivity contribution < 1.29 is 4.74 Å². The summed E-state index contributed by atoms with van der Waals surface area (Å²) < 4.78 is 7.84. The minimum atomic E-state index is 0.281. The van der Waals surface area contributed by atoms with Gasteiger partial charge in [-0.25, -0.2) is 0 Å². The summed E-state index contributed by atoms with van der Waals surface area (Å²) in [6, 6.07) is 0.864. The molecule has 0 radical (unpaired) electrons. The maximum atomic E-state index is 5.76. The van der Waals surface area contributed by atoms with Gasteiger partial charge in [0.15, 0.2) is 5.96 Å². The number of ether oxygens (including phenoxy) is 1. The lowest BCUT2D eigenvalue weighted by molar-refractivity contribution is 0.0890. The molecule has 7 heteroatoms. The number of guanidine groups is 1. The van der Waals surface area contributed by atoms with Crippen molar-refractivity contribution in [3.63, 3.8) is 0 Å². The first-order valence-corrected chi connectivity index (χ1v) is 8.82. The van der Waals surface area contributed by atoms with Gasteiger partial charge in [-0.2, -0.15) is 0 Å². The second-order valence-corrected chi connectivity index (χ2v) is 6.43. The van der Waals surface area contributed by atoms with Crippen LogP contribution in [0.2, 0.25) is 0 Å². The van der Waals surface area contributed by atoms with E-state index < -0.39 is 0 Å². The molecular formula is C16H28N6O. The van der Waals surface area contributed by atoms with Crippen molar-refractivity contribution in [2.75, 3.05) is 13.2 Å². The quantitative estimate of drug-likeness (QED) is 0.581. The molecular weight excluding hydrogens is 292 g/mol. The lowest BCUT2D eigenvalue weighted by Gasteiger charge is -2.22. The summed E-state index contributed by atoms with van der Waals surface area (Å²) in [7, 11) is 0. The number of aryl methyl sites for hydroxylation is 1. The maximum absolute atomic E-state index is 5.76. The Bertz CT molecular complexity index is 518. The minimum Gasteiger partial charge on any atom is -0.376 e. The van der Waals surface area contributed by atoms with Gasteiger partial charge in [0.2, 0.25) is 0 Å². The van der Waals surface area contributed by atoms with E-state index in [4.69, 9.17) is 9.73 Å². The molecule has 2 heterocycles. The summed E-state index contributed by atoms with van der Waals surface area (Å²) in [5.74, 6) is 1.92. The molecule has 3 rings (SSSR count). The van der Waals surface area contributed by atoms with Crippen molar-refractivity contribution in [3.8, 4) is 0 Å². The van der Waals surface area contributed by atoms with Crippen LogP contribution in [0.15, 0.2) is 11.3 Å². The van der Waals surface area contributed by atoms with Crippen LogP contribution >= 0.6 is 0 Å². The van der Waals surface area contributed by atoms with E-state index in [2.05, 4.69) is 39.2 Å². The van der Waals surface area contributed by atoms with Gasteiger partial charge in [0.1, 0.15) is 12.2 Å². The summed E-state index contributed by atoms with van der Waals surface area (Å²) >= 11 is 0. The van der Waals surface area contributed by atoms with E-state index in [1.54, 1.807) is 6.33 Å². The zero-order chi connectivity index (χ0) is 16.1. The Labute approximate surface area is 137 Å². The Morgan fingerprint density at radius 2 is 2.35 bits per heavy atom. The zero-order valence-electron chi connectivity index (χ0n) is 14.2. The van der Waals surface area contributed by atoms with Gasteiger partial charge in [0, 0.05) is 25.6 Å². The highest BCUT2D eigenvalue weighted by molar-refractivity contribution is 5.80. The lowest BCUT2D eigenvalue weighted by atomic mass is 10.1. The molecule has 1 saturated carbocycles. The summed E-state index contributed by atoms with van der Waals surface area (Å²) in [5, 5.41) is 15.1. The summed E-state index contributed by atoms with van der Waals surface area (Å²) in [6.07, 6.45) is 7.74. The molecule has 7 nitrogen and oxygen atoms in total. The Morgan fingerprint density at radius 3 is 3.04 bits per heavy atom. The molecule has 0 spiro atoms. The van der Waals surface area contributed by atoms with Gasteiger partial charge in [-0.1, -0.05) is 6.92 Å². The van der Waals surface area contributed by atoms with Gasteiger partial charge < -0.3 is 19.9 Å². The van der Waals surface area contributed by atoms with E-state index in [9.17, 15) is 0 Å². The standard InChI is InChI=1S/C16H28N6O/c1-3-15-21-18-11-22(15)9-8-17-16(20-13-6-7-13)19-12(2)14-5-4-10-23-14/h11-14H,3-10H2,1-2H3,(H2,17,19,20). The van der Waals surface area contributed by atoms with Crippen LogP contribution in [0.5, 0.6) is 0 Å². The second kappa shape index (κ2) is 7.77. The third-order valence-electron chi connectivity index (χ3n) is 4.43. The van der Waals surface area contributed by atoms with Crippen LogP contribution in [0, 0.1) is 0 Å². The van der Waals surface area contributed by atoms with Crippen LogP contribution in [0.3, 0.4) is 0 Å². The normalized spacial score (nSPS) is 23.0. The second-order valence-electron chi connectivity index (χ2n) is 6.43. The summed E-state index contributed by atoms with van der Waals surface area (Å²) in [6.45, 7) is 6.67. The molecule has 2 aliphatic rings. The van der Waals surface area contributed by atoms with Crippen molar-refractivity contribution in [1.82, 2.24) is 25.4 Å². The topological polar surface area (TPSA) is 76.4 Å². The Balaban J connectivity index is 1.54. The molecule has 23 heavy (non-hydrogen) atoms. The van der Waals surface area contributed by atoms with Gasteiger partial charge in [0.05, 0.1) is 18.7 Å². The van der Waals surface area contributed by atoms with E-state index in [1.807, 2.05) is 0 Å². The molecule has 0 aromatic carbocycles. The molecule has 2 unspecified atom stereocenters. The fourth-order valence-electron chi connectivity index (χ4n) is 2.87. The largest absolute Gasteiger partial charge is 0.376 e. The maximum Gasteiger partial charge on any atom is 0.191 e. The smallest absolute Gasteiger partial charge is 0.191 e. The first-order valence-electron chi connectivity index (χ1n) is 8.82. The predicted octanol–water partition coefficient (Wildman–Crippen LogP) is 1.11. The minimum absolute atomic E-state index is 0.281. The van der Waals surface area contributed by atoms with Crippen molar-refractivity contribution in [2.45, 2.75) is 70.7 Å². The van der Waals surface area contributed by atoms with E-state index in [1.165, 1.54) is 12.8 Å². The number of aliphatic imine (C=N–C) groups is 1. The lowest BCUT2D eigenvalue weighted by Crippen LogP contribution is -2.47. The number of hydrogen-bond donors (Lipinski definition) is 2. The Morgan fingerprint density at radius 1 is 1.48 bits per heavy atom. The van der Waals surface area contributed by atoms with Gasteiger partial charge >= 0.3 is 0 Å². The summed E-state index contributed by atoms with van der Waals surface area (Å²) in [4.78, 5) is 4.73. The molecule has 2 fully saturated rings. The molecule has 128 valence electrons. The van der Waals surface area contributed by atoms with E-state index in [0.717, 1.165) is 44.2 Å². The third-order valence-corrected chi connectivity index (χ3v) is 4.43. The molecule has 1 saturated heterocycles. The molecule has 2 N–H and O–H groups in total. The molecule has 1 aliphatic carbocycles. The van der Waals surface area contributed by atoms with E-state index in [-0.39, 0.29) is 6.04 Å². The van der Waals surface area contributed by atoms with E-state index in [0.29, 0.717) is 18.7 Å². The van der Waals surface area contributed by atoms with Crippen LogP contribution in [0.25, 0.3) is 0 Å². The predicted molar refractivity (Wildman–Crippen MR) is 89.4 cm³/mol. The average Bonchev–Trinajstić information content (AvgIpc) is 3.05. The Kier molecular flexibility index (Phi) is 5.48. The molecule has 2 atom stereocenters. The van der Waals surface area contributed by atoms with Crippen molar-refractivity contribution in [1.29, 1.82) is 0 Å². The fraction of sp³-hybridized carbons (Fsp3) is 0.812. The van der Waals surface area contributed by atoms with Crippen LogP contribution in [-0.2, 0) is 17.7 Å². The van der Waals surface area contributed by atoms with Crippen LogP contribution in [0.4, 0.5) is 0 Å².